The Morgan fingerprint density at radius 1 is 1.26 bits per heavy atom. The van der Waals surface area contributed by atoms with Crippen LogP contribution in [0.5, 0.6) is 0 Å². The topological polar surface area (TPSA) is 60.9 Å². The van der Waals surface area contributed by atoms with E-state index in [-0.39, 0.29) is 12.0 Å². The zero-order valence-corrected chi connectivity index (χ0v) is 10.9. The molecule has 0 aliphatic heterocycles. The Balaban J connectivity index is 1.64. The third-order valence-electron chi connectivity index (χ3n) is 3.89. The molecule has 1 heterocycles. The molecule has 0 spiro atoms. The molecule has 1 aliphatic carbocycles. The second-order valence-corrected chi connectivity index (χ2v) is 5.40. The molecule has 19 heavy (non-hydrogen) atoms. The Morgan fingerprint density at radius 2 is 2.05 bits per heavy atom. The second kappa shape index (κ2) is 5.15. The molecule has 1 aromatic carbocycles. The molecule has 0 unspecified atom stereocenters. The standard InChI is InChI=1S/C15H19N3O/c19-11-15(6-7-15)10-16-8-13-9-17-18-14(13)12-4-2-1-3-5-12/h1-5,9,16,19H,6-8,10-11H2,(H,17,18). The first-order valence-electron chi connectivity index (χ1n) is 6.72. The molecule has 1 aliphatic rings. The number of rotatable bonds is 6. The van der Waals surface area contributed by atoms with Gasteiger partial charge in [0.2, 0.25) is 0 Å². The van der Waals surface area contributed by atoms with Crippen molar-refractivity contribution >= 4 is 0 Å². The molecule has 1 fully saturated rings. The van der Waals surface area contributed by atoms with Crippen molar-refractivity contribution in [3.63, 3.8) is 0 Å². The number of benzene rings is 1. The molecule has 0 saturated heterocycles. The minimum absolute atomic E-state index is 0.149. The van der Waals surface area contributed by atoms with E-state index in [1.807, 2.05) is 24.4 Å². The number of aromatic amines is 1. The molecule has 0 atom stereocenters. The van der Waals surface area contributed by atoms with Crippen LogP contribution in [0.25, 0.3) is 11.3 Å². The summed E-state index contributed by atoms with van der Waals surface area (Å²) in [5, 5.41) is 19.9. The van der Waals surface area contributed by atoms with Crippen LogP contribution in [-0.2, 0) is 6.54 Å². The summed E-state index contributed by atoms with van der Waals surface area (Å²) in [5.74, 6) is 0. The maximum absolute atomic E-state index is 9.29. The number of aliphatic hydroxyl groups is 1. The Kier molecular flexibility index (Phi) is 3.36. The van der Waals surface area contributed by atoms with Crippen molar-refractivity contribution in [1.82, 2.24) is 15.5 Å². The lowest BCUT2D eigenvalue weighted by molar-refractivity contribution is 0.207. The predicted molar refractivity (Wildman–Crippen MR) is 74.5 cm³/mol. The summed E-state index contributed by atoms with van der Waals surface area (Å²) >= 11 is 0. The monoisotopic (exact) mass is 257 g/mol. The summed E-state index contributed by atoms with van der Waals surface area (Å²) in [4.78, 5) is 0. The van der Waals surface area contributed by atoms with E-state index in [0.717, 1.165) is 37.2 Å². The molecule has 1 saturated carbocycles. The molecular weight excluding hydrogens is 238 g/mol. The van der Waals surface area contributed by atoms with Crippen LogP contribution in [0.15, 0.2) is 36.5 Å². The van der Waals surface area contributed by atoms with Crippen LogP contribution in [0, 0.1) is 5.41 Å². The van der Waals surface area contributed by atoms with Crippen molar-refractivity contribution in [3.05, 3.63) is 42.1 Å². The van der Waals surface area contributed by atoms with Gasteiger partial charge in [-0.15, -0.1) is 0 Å². The summed E-state index contributed by atoms with van der Waals surface area (Å²) in [5.41, 5.74) is 3.54. The number of hydrogen-bond donors (Lipinski definition) is 3. The van der Waals surface area contributed by atoms with Gasteiger partial charge in [0.15, 0.2) is 0 Å². The van der Waals surface area contributed by atoms with Crippen molar-refractivity contribution < 1.29 is 5.11 Å². The molecule has 4 heteroatoms. The molecule has 100 valence electrons. The molecular formula is C15H19N3O. The average molecular weight is 257 g/mol. The summed E-state index contributed by atoms with van der Waals surface area (Å²) < 4.78 is 0. The maximum Gasteiger partial charge on any atom is 0.0695 e. The van der Waals surface area contributed by atoms with E-state index in [1.54, 1.807) is 0 Å². The molecule has 0 amide bonds. The van der Waals surface area contributed by atoms with E-state index in [1.165, 1.54) is 5.56 Å². The molecule has 2 aromatic rings. The van der Waals surface area contributed by atoms with E-state index in [0.29, 0.717) is 0 Å². The largest absolute Gasteiger partial charge is 0.396 e. The Hall–Kier alpha value is -1.65. The van der Waals surface area contributed by atoms with Gasteiger partial charge in [-0.25, -0.2) is 0 Å². The van der Waals surface area contributed by atoms with E-state index in [9.17, 15) is 5.11 Å². The third kappa shape index (κ3) is 2.69. The maximum atomic E-state index is 9.29. The number of aliphatic hydroxyl groups excluding tert-OH is 1. The zero-order chi connectivity index (χ0) is 13.1. The summed E-state index contributed by atoms with van der Waals surface area (Å²) in [7, 11) is 0. The quantitative estimate of drug-likeness (QED) is 0.741. The lowest BCUT2D eigenvalue weighted by Gasteiger charge is -2.12. The molecule has 3 N–H and O–H groups in total. The fourth-order valence-electron chi connectivity index (χ4n) is 2.33. The molecule has 0 radical (unpaired) electrons. The van der Waals surface area contributed by atoms with Gasteiger partial charge >= 0.3 is 0 Å². The summed E-state index contributed by atoms with van der Waals surface area (Å²) in [6.45, 7) is 1.95. The molecule has 0 bridgehead atoms. The highest BCUT2D eigenvalue weighted by molar-refractivity contribution is 5.62. The van der Waals surface area contributed by atoms with Gasteiger partial charge in [0, 0.05) is 30.7 Å². The Morgan fingerprint density at radius 3 is 2.74 bits per heavy atom. The van der Waals surface area contributed by atoms with Gasteiger partial charge in [0.05, 0.1) is 11.9 Å². The third-order valence-corrected chi connectivity index (χ3v) is 3.89. The normalized spacial score (nSPS) is 16.5. The van der Waals surface area contributed by atoms with Crippen molar-refractivity contribution in [3.8, 4) is 11.3 Å². The smallest absolute Gasteiger partial charge is 0.0695 e. The van der Waals surface area contributed by atoms with Gasteiger partial charge in [-0.3, -0.25) is 5.10 Å². The van der Waals surface area contributed by atoms with Crippen LogP contribution in [-0.4, -0.2) is 28.5 Å². The highest BCUT2D eigenvalue weighted by atomic mass is 16.3. The van der Waals surface area contributed by atoms with Gasteiger partial charge in [0.1, 0.15) is 0 Å². The number of nitrogens with zero attached hydrogens (tertiary/aromatic N) is 1. The van der Waals surface area contributed by atoms with Gasteiger partial charge in [-0.05, 0) is 18.4 Å². The molecule has 1 aromatic heterocycles. The minimum atomic E-state index is 0.149. The predicted octanol–water partition coefficient (Wildman–Crippen LogP) is 1.94. The van der Waals surface area contributed by atoms with E-state index in [4.69, 9.17) is 0 Å². The highest BCUT2D eigenvalue weighted by Gasteiger charge is 2.41. The van der Waals surface area contributed by atoms with Crippen LogP contribution in [0.3, 0.4) is 0 Å². The van der Waals surface area contributed by atoms with Crippen LogP contribution < -0.4 is 5.32 Å². The number of aromatic nitrogens is 2. The van der Waals surface area contributed by atoms with Gasteiger partial charge < -0.3 is 10.4 Å². The number of H-pyrrole nitrogens is 1. The van der Waals surface area contributed by atoms with E-state index in [2.05, 4.69) is 27.6 Å². The average Bonchev–Trinajstić information content (AvgIpc) is 3.09. The van der Waals surface area contributed by atoms with Gasteiger partial charge in [0.25, 0.3) is 0 Å². The first kappa shape index (κ1) is 12.4. The fraction of sp³-hybridized carbons (Fsp3) is 0.400. The second-order valence-electron chi connectivity index (χ2n) is 5.40. The van der Waals surface area contributed by atoms with Crippen LogP contribution in [0.4, 0.5) is 0 Å². The Bertz CT molecular complexity index is 531. The van der Waals surface area contributed by atoms with Crippen molar-refractivity contribution in [2.24, 2.45) is 5.41 Å². The Labute approximate surface area is 112 Å². The lowest BCUT2D eigenvalue weighted by atomic mass is 10.1. The molecule has 4 nitrogen and oxygen atoms in total. The fourth-order valence-corrected chi connectivity index (χ4v) is 2.33. The summed E-state index contributed by atoms with van der Waals surface area (Å²) in [6, 6.07) is 10.2. The number of nitrogens with one attached hydrogen (secondary N) is 2. The highest BCUT2D eigenvalue weighted by Crippen LogP contribution is 2.44. The first-order valence-corrected chi connectivity index (χ1v) is 6.72. The minimum Gasteiger partial charge on any atom is -0.396 e. The van der Waals surface area contributed by atoms with Gasteiger partial charge in [-0.1, -0.05) is 30.3 Å². The van der Waals surface area contributed by atoms with Crippen molar-refractivity contribution in [2.45, 2.75) is 19.4 Å². The zero-order valence-electron chi connectivity index (χ0n) is 10.9. The number of hydrogen-bond acceptors (Lipinski definition) is 3. The van der Waals surface area contributed by atoms with Crippen molar-refractivity contribution in [1.29, 1.82) is 0 Å². The van der Waals surface area contributed by atoms with Gasteiger partial charge in [-0.2, -0.15) is 5.10 Å². The van der Waals surface area contributed by atoms with Crippen LogP contribution in [0.1, 0.15) is 18.4 Å². The van der Waals surface area contributed by atoms with Crippen molar-refractivity contribution in [2.75, 3.05) is 13.2 Å². The first-order chi connectivity index (χ1) is 9.33. The van der Waals surface area contributed by atoms with E-state index < -0.39 is 0 Å². The van der Waals surface area contributed by atoms with Crippen LogP contribution >= 0.6 is 0 Å². The van der Waals surface area contributed by atoms with E-state index >= 15 is 0 Å². The lowest BCUT2D eigenvalue weighted by Crippen LogP contribution is -2.26. The summed E-state index contributed by atoms with van der Waals surface area (Å²) in [6.07, 6.45) is 4.13. The molecule has 3 rings (SSSR count). The SMILES string of the molecule is OCC1(CNCc2cn[nH]c2-c2ccccc2)CC1. The van der Waals surface area contributed by atoms with Crippen LogP contribution in [0.2, 0.25) is 0 Å².